The fraction of sp³-hybridized carbons (Fsp3) is 0. The van der Waals surface area contributed by atoms with Crippen LogP contribution in [0, 0.1) is 0 Å². The van der Waals surface area contributed by atoms with Crippen molar-refractivity contribution in [1.29, 1.82) is 0 Å². The van der Waals surface area contributed by atoms with Gasteiger partial charge in [-0.3, -0.25) is 0 Å². The van der Waals surface area contributed by atoms with Gasteiger partial charge in [-0.1, -0.05) is 11.6 Å². The molecule has 82 valence electrons. The van der Waals surface area contributed by atoms with E-state index in [0.29, 0.717) is 10.8 Å². The van der Waals surface area contributed by atoms with Crippen LogP contribution in [0.2, 0.25) is 5.02 Å². The van der Waals surface area contributed by atoms with E-state index in [9.17, 15) is 0 Å². The molecule has 3 nitrogen and oxygen atoms in total. The molecule has 0 aliphatic heterocycles. The number of aromatic nitrogens is 1. The van der Waals surface area contributed by atoms with E-state index in [2.05, 4.69) is 26.2 Å². The van der Waals surface area contributed by atoms with E-state index in [0.717, 1.165) is 15.8 Å². The van der Waals surface area contributed by atoms with Gasteiger partial charge in [0, 0.05) is 22.0 Å². The first-order chi connectivity index (χ1) is 7.65. The number of anilines is 3. The number of hydrogen-bond acceptors (Lipinski definition) is 3. The highest BCUT2D eigenvalue weighted by Gasteiger charge is 2.02. The third-order valence-corrected chi connectivity index (χ3v) is 2.70. The van der Waals surface area contributed by atoms with Crippen molar-refractivity contribution in [3.63, 3.8) is 0 Å². The zero-order valence-electron chi connectivity index (χ0n) is 8.24. The van der Waals surface area contributed by atoms with Gasteiger partial charge in [0.25, 0.3) is 0 Å². The summed E-state index contributed by atoms with van der Waals surface area (Å²) < 4.78 is 0.848. The van der Waals surface area contributed by atoms with Gasteiger partial charge in [0.15, 0.2) is 0 Å². The summed E-state index contributed by atoms with van der Waals surface area (Å²) in [6.07, 6.45) is 1.69. The summed E-state index contributed by atoms with van der Waals surface area (Å²) in [5.41, 5.74) is 7.21. The van der Waals surface area contributed by atoms with Crippen molar-refractivity contribution >= 4 is 44.7 Å². The number of halogens is 2. The van der Waals surface area contributed by atoms with E-state index in [1.165, 1.54) is 0 Å². The molecule has 0 aliphatic carbocycles. The normalized spacial score (nSPS) is 10.1. The third-order valence-electron chi connectivity index (χ3n) is 1.98. The highest BCUT2D eigenvalue weighted by Crippen LogP contribution is 2.26. The van der Waals surface area contributed by atoms with Crippen LogP contribution < -0.4 is 11.1 Å². The maximum Gasteiger partial charge on any atom is 0.149 e. The third kappa shape index (κ3) is 2.65. The van der Waals surface area contributed by atoms with Gasteiger partial charge in [0.1, 0.15) is 5.82 Å². The molecule has 2 aromatic rings. The Hall–Kier alpha value is -1.26. The number of nitrogen functional groups attached to an aromatic ring is 1. The summed E-state index contributed by atoms with van der Waals surface area (Å²) in [6, 6.07) is 9.16. The minimum absolute atomic E-state index is 0.561. The molecule has 0 aliphatic rings. The van der Waals surface area contributed by atoms with Gasteiger partial charge in [-0.25, -0.2) is 4.98 Å². The molecular formula is C11H9BrClN3. The van der Waals surface area contributed by atoms with Crippen molar-refractivity contribution < 1.29 is 0 Å². The zero-order chi connectivity index (χ0) is 11.5. The minimum atomic E-state index is 0.561. The first-order valence-corrected chi connectivity index (χ1v) is 5.76. The van der Waals surface area contributed by atoms with Crippen LogP contribution in [0.3, 0.4) is 0 Å². The Labute approximate surface area is 107 Å². The second-order valence-electron chi connectivity index (χ2n) is 3.23. The van der Waals surface area contributed by atoms with Gasteiger partial charge in [-0.05, 0) is 46.3 Å². The molecule has 0 saturated heterocycles. The molecule has 1 aromatic heterocycles. The molecule has 0 amide bonds. The molecule has 5 heteroatoms. The standard InChI is InChI=1S/C11H9BrClN3/c12-7-5-10(13)11(15-6-7)16-9-3-1-8(14)2-4-9/h1-6H,14H2,(H,15,16). The topological polar surface area (TPSA) is 50.9 Å². The van der Waals surface area contributed by atoms with Crippen LogP contribution in [-0.4, -0.2) is 4.98 Å². The predicted octanol–water partition coefficient (Wildman–Crippen LogP) is 3.82. The van der Waals surface area contributed by atoms with Gasteiger partial charge in [-0.15, -0.1) is 0 Å². The minimum Gasteiger partial charge on any atom is -0.399 e. The molecule has 1 heterocycles. The molecule has 1 aromatic carbocycles. The summed E-state index contributed by atoms with van der Waals surface area (Å²) in [7, 11) is 0. The smallest absolute Gasteiger partial charge is 0.149 e. The van der Waals surface area contributed by atoms with Crippen molar-refractivity contribution in [2.24, 2.45) is 0 Å². The van der Waals surface area contributed by atoms with E-state index >= 15 is 0 Å². The number of benzene rings is 1. The van der Waals surface area contributed by atoms with Gasteiger partial charge in [0.2, 0.25) is 0 Å². The van der Waals surface area contributed by atoms with Crippen molar-refractivity contribution in [2.75, 3.05) is 11.1 Å². The number of pyridine rings is 1. The molecule has 0 bridgehead atoms. The molecule has 3 N–H and O–H groups in total. The number of nitrogens with two attached hydrogens (primary N) is 1. The van der Waals surface area contributed by atoms with Crippen molar-refractivity contribution in [3.8, 4) is 0 Å². The Morgan fingerprint density at radius 2 is 1.94 bits per heavy atom. The Kier molecular flexibility index (Phi) is 3.31. The molecule has 0 unspecified atom stereocenters. The summed E-state index contributed by atoms with van der Waals surface area (Å²) in [5.74, 6) is 0.620. The van der Waals surface area contributed by atoms with Crippen LogP contribution in [0.15, 0.2) is 41.0 Å². The van der Waals surface area contributed by atoms with E-state index in [1.807, 2.05) is 24.3 Å². The molecule has 0 atom stereocenters. The lowest BCUT2D eigenvalue weighted by molar-refractivity contribution is 1.29. The Morgan fingerprint density at radius 3 is 2.56 bits per heavy atom. The van der Waals surface area contributed by atoms with Gasteiger partial charge < -0.3 is 11.1 Å². The molecule has 0 saturated carbocycles. The van der Waals surface area contributed by atoms with Gasteiger partial charge in [0.05, 0.1) is 5.02 Å². The second-order valence-corrected chi connectivity index (χ2v) is 4.55. The summed E-state index contributed by atoms with van der Waals surface area (Å²) in [6.45, 7) is 0. The quantitative estimate of drug-likeness (QED) is 0.829. The Balaban J connectivity index is 2.23. The van der Waals surface area contributed by atoms with Crippen molar-refractivity contribution in [3.05, 3.63) is 46.0 Å². The SMILES string of the molecule is Nc1ccc(Nc2ncc(Br)cc2Cl)cc1. The fourth-order valence-corrected chi connectivity index (χ4v) is 1.89. The average molecular weight is 299 g/mol. The first-order valence-electron chi connectivity index (χ1n) is 4.59. The lowest BCUT2D eigenvalue weighted by atomic mass is 10.3. The predicted molar refractivity (Wildman–Crippen MR) is 71.1 cm³/mol. The molecule has 0 fully saturated rings. The summed E-state index contributed by atoms with van der Waals surface area (Å²) in [4.78, 5) is 4.17. The van der Waals surface area contributed by atoms with Crippen LogP contribution in [0.4, 0.5) is 17.2 Å². The van der Waals surface area contributed by atoms with E-state index < -0.39 is 0 Å². The van der Waals surface area contributed by atoms with Crippen LogP contribution in [0.25, 0.3) is 0 Å². The molecule has 0 spiro atoms. The maximum atomic E-state index is 6.03. The average Bonchev–Trinajstić information content (AvgIpc) is 2.25. The largest absolute Gasteiger partial charge is 0.399 e. The molecule has 2 rings (SSSR count). The zero-order valence-corrected chi connectivity index (χ0v) is 10.6. The number of nitrogens with zero attached hydrogens (tertiary/aromatic N) is 1. The number of rotatable bonds is 2. The highest BCUT2D eigenvalue weighted by atomic mass is 79.9. The lowest BCUT2D eigenvalue weighted by Crippen LogP contribution is -1.94. The summed E-state index contributed by atoms with van der Waals surface area (Å²) in [5, 5.41) is 3.67. The first kappa shape index (κ1) is 11.2. The molecule has 0 radical (unpaired) electrons. The Morgan fingerprint density at radius 1 is 1.25 bits per heavy atom. The number of nitrogens with one attached hydrogen (secondary N) is 1. The van der Waals surface area contributed by atoms with Crippen LogP contribution in [0.1, 0.15) is 0 Å². The van der Waals surface area contributed by atoms with Crippen LogP contribution >= 0.6 is 27.5 Å². The van der Waals surface area contributed by atoms with Crippen LogP contribution in [-0.2, 0) is 0 Å². The molecule has 16 heavy (non-hydrogen) atoms. The van der Waals surface area contributed by atoms with Gasteiger partial charge >= 0.3 is 0 Å². The van der Waals surface area contributed by atoms with Gasteiger partial charge in [-0.2, -0.15) is 0 Å². The van der Waals surface area contributed by atoms with Crippen LogP contribution in [0.5, 0.6) is 0 Å². The number of hydrogen-bond donors (Lipinski definition) is 2. The lowest BCUT2D eigenvalue weighted by Gasteiger charge is -2.07. The molecular weight excluding hydrogens is 289 g/mol. The fourth-order valence-electron chi connectivity index (χ4n) is 1.21. The maximum absolute atomic E-state index is 6.03. The summed E-state index contributed by atoms with van der Waals surface area (Å²) >= 11 is 9.33. The monoisotopic (exact) mass is 297 g/mol. The second kappa shape index (κ2) is 4.72. The van der Waals surface area contributed by atoms with Crippen molar-refractivity contribution in [2.45, 2.75) is 0 Å². The van der Waals surface area contributed by atoms with E-state index in [-0.39, 0.29) is 0 Å². The van der Waals surface area contributed by atoms with E-state index in [4.69, 9.17) is 17.3 Å². The highest BCUT2D eigenvalue weighted by molar-refractivity contribution is 9.10. The van der Waals surface area contributed by atoms with E-state index in [1.54, 1.807) is 12.3 Å². The van der Waals surface area contributed by atoms with Crippen molar-refractivity contribution in [1.82, 2.24) is 4.98 Å². The Bertz CT molecular complexity index is 499.